The molecule has 283 valence electrons. The van der Waals surface area contributed by atoms with Crippen molar-refractivity contribution in [1.82, 2.24) is 19.7 Å². The van der Waals surface area contributed by atoms with Gasteiger partial charge in [0.2, 0.25) is 5.91 Å². The number of morpholine rings is 1. The number of esters is 1. The maximum absolute atomic E-state index is 13.5. The average molecular weight is 800 g/mol. The van der Waals surface area contributed by atoms with Gasteiger partial charge in [-0.15, -0.1) is 0 Å². The van der Waals surface area contributed by atoms with Crippen molar-refractivity contribution < 1.29 is 41.6 Å². The fourth-order valence-corrected chi connectivity index (χ4v) is 7.12. The first-order chi connectivity index (χ1) is 24.9. The predicted octanol–water partition coefficient (Wildman–Crippen LogP) is 4.40. The van der Waals surface area contributed by atoms with E-state index >= 15 is 0 Å². The number of rotatable bonds is 17. The van der Waals surface area contributed by atoms with Gasteiger partial charge in [0.25, 0.3) is 16.0 Å². The van der Waals surface area contributed by atoms with Gasteiger partial charge in [0, 0.05) is 98.8 Å². The molecule has 3 aromatic rings. The van der Waals surface area contributed by atoms with E-state index in [1.54, 1.807) is 18.3 Å². The zero-order valence-corrected chi connectivity index (χ0v) is 34.6. The van der Waals surface area contributed by atoms with Crippen molar-refractivity contribution in [2.75, 3.05) is 52.3 Å². The van der Waals surface area contributed by atoms with Crippen molar-refractivity contribution in [1.29, 1.82) is 0 Å². The van der Waals surface area contributed by atoms with Gasteiger partial charge in [0.05, 0.1) is 41.1 Å². The van der Waals surface area contributed by atoms with E-state index in [0.717, 1.165) is 48.0 Å². The molecular weight excluding hydrogens is 755 g/mol. The summed E-state index contributed by atoms with van der Waals surface area (Å²) in [5.41, 5.74) is 3.05. The SMILES string of the molecule is CN(CCS(=O)(=O)O)C(=O)CCCCCCC(=O)OCC1Cn2cc(C(=O)NCc3ccc(Cl)cc3)c(=S)c3cc(CN4CCOCC4)cc(c32)O1.[Na]. The molecule has 13 nitrogen and oxygen atoms in total. The number of unbranched alkanes of at least 4 members (excludes halogenated alkanes) is 3. The second-order valence-corrected chi connectivity index (χ2v) is 15.6. The Morgan fingerprint density at radius 3 is 2.45 bits per heavy atom. The molecule has 1 fully saturated rings. The van der Waals surface area contributed by atoms with Crippen LogP contribution in [-0.2, 0) is 48.8 Å². The van der Waals surface area contributed by atoms with Gasteiger partial charge in [0.15, 0.2) is 6.10 Å². The molecule has 1 atom stereocenters. The van der Waals surface area contributed by atoms with E-state index in [9.17, 15) is 22.8 Å². The summed E-state index contributed by atoms with van der Waals surface area (Å²) in [5, 5.41) is 4.34. The number of carbonyl (C=O) groups is 3. The molecular formula is C36H45ClN4NaO9S2. The van der Waals surface area contributed by atoms with Crippen molar-refractivity contribution in [2.24, 2.45) is 0 Å². The zero-order chi connectivity index (χ0) is 37.3. The third-order valence-corrected chi connectivity index (χ3v) is 10.5. The van der Waals surface area contributed by atoms with E-state index in [1.807, 2.05) is 28.8 Å². The monoisotopic (exact) mass is 799 g/mol. The second kappa shape index (κ2) is 20.4. The first-order valence-corrected chi connectivity index (χ1v) is 19.8. The Morgan fingerprint density at radius 2 is 1.75 bits per heavy atom. The second-order valence-electron chi connectivity index (χ2n) is 13.2. The smallest absolute Gasteiger partial charge is 0.305 e. The molecule has 1 aromatic heterocycles. The summed E-state index contributed by atoms with van der Waals surface area (Å²) in [6.07, 6.45) is 4.37. The normalized spacial score (nSPS) is 15.6. The molecule has 0 saturated carbocycles. The van der Waals surface area contributed by atoms with Crippen molar-refractivity contribution in [2.45, 2.75) is 64.3 Å². The van der Waals surface area contributed by atoms with Gasteiger partial charge in [-0.2, -0.15) is 8.42 Å². The maximum atomic E-state index is 13.5. The summed E-state index contributed by atoms with van der Waals surface area (Å²) in [4.78, 5) is 41.9. The number of benzene rings is 2. The minimum absolute atomic E-state index is 0. The van der Waals surface area contributed by atoms with Gasteiger partial charge in [-0.05, 0) is 48.2 Å². The molecule has 1 unspecified atom stereocenters. The van der Waals surface area contributed by atoms with Crippen molar-refractivity contribution in [3.63, 3.8) is 0 Å². The summed E-state index contributed by atoms with van der Waals surface area (Å²) in [5.74, 6) is -0.734. The Labute approximate surface area is 342 Å². The number of pyridine rings is 1. The first-order valence-electron chi connectivity index (χ1n) is 17.4. The van der Waals surface area contributed by atoms with Crippen molar-refractivity contribution >= 4 is 92.2 Å². The number of nitrogens with one attached hydrogen (secondary N) is 1. The third kappa shape index (κ3) is 13.0. The molecule has 0 aliphatic carbocycles. The van der Waals surface area contributed by atoms with Crippen molar-refractivity contribution in [3.05, 3.63) is 68.8 Å². The number of amides is 2. The van der Waals surface area contributed by atoms with Gasteiger partial charge in [-0.25, -0.2) is 0 Å². The summed E-state index contributed by atoms with van der Waals surface area (Å²) in [6.45, 7) is 4.20. The summed E-state index contributed by atoms with van der Waals surface area (Å²) < 4.78 is 50.6. The van der Waals surface area contributed by atoms with Gasteiger partial charge < -0.3 is 29.0 Å². The van der Waals surface area contributed by atoms with Crippen LogP contribution in [-0.4, -0.2) is 133 Å². The Bertz CT molecular complexity index is 1920. The molecule has 2 N–H and O–H groups in total. The molecule has 0 spiro atoms. The van der Waals surface area contributed by atoms with E-state index in [4.69, 9.17) is 42.6 Å². The molecule has 3 heterocycles. The fourth-order valence-electron chi connectivity index (χ4n) is 6.19. The van der Waals surface area contributed by atoms with Crippen LogP contribution in [0.2, 0.25) is 5.02 Å². The number of hydrogen-bond donors (Lipinski definition) is 2. The van der Waals surface area contributed by atoms with Crippen LogP contribution < -0.4 is 10.1 Å². The standard InChI is InChI=1S/C36H45ClN4O9S2.Na/c1-39(14-17-52(45,46)47)32(42)6-4-2-3-5-7-33(43)49-24-28-22-41-23-30(36(44)38-20-25-8-10-27(37)11-9-25)35(51)29-18-26(19-31(50-28)34(29)41)21-40-12-15-48-16-13-40;/h8-11,18-19,23,28H,2-7,12-17,20-22,24H2,1H3,(H,38,44)(H,45,46,47);. The van der Waals surface area contributed by atoms with Crippen LogP contribution in [0.25, 0.3) is 10.9 Å². The van der Waals surface area contributed by atoms with Gasteiger partial charge in [-0.3, -0.25) is 23.8 Å². The van der Waals surface area contributed by atoms with Crippen LogP contribution in [0.3, 0.4) is 0 Å². The molecule has 2 aliphatic rings. The largest absolute Gasteiger partial charge is 0.483 e. The van der Waals surface area contributed by atoms with Gasteiger partial charge >= 0.3 is 5.97 Å². The summed E-state index contributed by atoms with van der Waals surface area (Å²) >= 11 is 11.9. The number of hydrogen-bond acceptors (Lipinski definition) is 10. The summed E-state index contributed by atoms with van der Waals surface area (Å²) in [6, 6.07) is 11.3. The maximum Gasteiger partial charge on any atom is 0.305 e. The quantitative estimate of drug-likeness (QED) is 0.0657. The molecule has 17 heteroatoms. The Hall–Kier alpha value is -2.60. The molecule has 1 radical (unpaired) electrons. The van der Waals surface area contributed by atoms with Crippen LogP contribution >= 0.6 is 23.8 Å². The molecule has 2 aliphatic heterocycles. The Kier molecular flexibility index (Phi) is 16.6. The predicted molar refractivity (Wildman–Crippen MR) is 204 cm³/mol. The topological polar surface area (TPSA) is 157 Å². The molecule has 2 aromatic carbocycles. The van der Waals surface area contributed by atoms with Crippen molar-refractivity contribution in [3.8, 4) is 5.75 Å². The van der Waals surface area contributed by atoms with E-state index in [2.05, 4.69) is 10.2 Å². The Morgan fingerprint density at radius 1 is 1.06 bits per heavy atom. The van der Waals surface area contributed by atoms with Crippen LogP contribution in [0.5, 0.6) is 5.75 Å². The first kappa shape index (κ1) is 43.1. The van der Waals surface area contributed by atoms with Crippen LogP contribution in [0.4, 0.5) is 0 Å². The number of carbonyl (C=O) groups excluding carboxylic acids is 3. The number of nitrogens with zero attached hydrogens (tertiary/aromatic N) is 3. The molecule has 5 rings (SSSR count). The zero-order valence-electron chi connectivity index (χ0n) is 30.2. The van der Waals surface area contributed by atoms with E-state index in [0.29, 0.717) is 66.5 Å². The Balaban J connectivity index is 0.00000627. The molecule has 0 bridgehead atoms. The van der Waals surface area contributed by atoms with Gasteiger partial charge in [-0.1, -0.05) is 48.8 Å². The molecule has 1 saturated heterocycles. The van der Waals surface area contributed by atoms with Gasteiger partial charge in [0.1, 0.15) is 12.4 Å². The fraction of sp³-hybridized carbons (Fsp3) is 0.500. The van der Waals surface area contributed by atoms with E-state index in [-0.39, 0.29) is 73.3 Å². The van der Waals surface area contributed by atoms with Crippen LogP contribution in [0, 0.1) is 4.51 Å². The number of aromatic nitrogens is 1. The minimum Gasteiger partial charge on any atom is -0.483 e. The van der Waals surface area contributed by atoms with E-state index < -0.39 is 22.0 Å². The molecule has 2 amide bonds. The minimum atomic E-state index is -4.13. The van der Waals surface area contributed by atoms with E-state index in [1.165, 1.54) is 11.9 Å². The molecule has 53 heavy (non-hydrogen) atoms. The third-order valence-electron chi connectivity index (χ3n) is 9.07. The summed E-state index contributed by atoms with van der Waals surface area (Å²) in [7, 11) is -2.63. The van der Waals surface area contributed by atoms with Crippen LogP contribution in [0.15, 0.2) is 42.6 Å². The number of ether oxygens (including phenoxy) is 3. The average Bonchev–Trinajstić information content (AvgIpc) is 3.12. The van der Waals surface area contributed by atoms with Crippen LogP contribution in [0.1, 0.15) is 60.0 Å². The number of halogens is 1.